The Morgan fingerprint density at radius 3 is 2.63 bits per heavy atom. The Morgan fingerprint density at radius 1 is 1.11 bits per heavy atom. The quantitative estimate of drug-likeness (QED) is 0.477. The fourth-order valence-corrected chi connectivity index (χ4v) is 2.29. The van der Waals surface area contributed by atoms with Crippen molar-refractivity contribution in [2.45, 2.75) is 0 Å². The second-order valence-electron chi connectivity index (χ2n) is 5.25. The number of nitrogens with zero attached hydrogens (tertiary/aromatic N) is 3. The molecule has 10 heteroatoms. The third-order valence-corrected chi connectivity index (χ3v) is 3.73. The van der Waals surface area contributed by atoms with Gasteiger partial charge in [-0.2, -0.15) is 0 Å². The minimum atomic E-state index is -0.403. The number of anilines is 4. The molecule has 0 aliphatic rings. The number of hydrazine groups is 1. The third kappa shape index (κ3) is 4.33. The lowest BCUT2D eigenvalue weighted by Crippen LogP contribution is -2.30. The molecule has 138 valence electrons. The molecule has 27 heavy (non-hydrogen) atoms. The fraction of sp³-hybridized carbons (Fsp3) is 0.0588. The van der Waals surface area contributed by atoms with Gasteiger partial charge in [0, 0.05) is 6.20 Å². The highest BCUT2D eigenvalue weighted by Crippen LogP contribution is 2.25. The Bertz CT molecular complexity index is 950. The predicted molar refractivity (Wildman–Crippen MR) is 103 cm³/mol. The highest BCUT2D eigenvalue weighted by atomic mass is 35.5. The van der Waals surface area contributed by atoms with Gasteiger partial charge in [-0.3, -0.25) is 15.6 Å². The van der Waals surface area contributed by atoms with Gasteiger partial charge < -0.3 is 15.8 Å². The first-order chi connectivity index (χ1) is 13.1. The Labute approximate surface area is 159 Å². The van der Waals surface area contributed by atoms with Crippen molar-refractivity contribution in [1.29, 1.82) is 0 Å². The van der Waals surface area contributed by atoms with E-state index in [0.717, 1.165) is 0 Å². The summed E-state index contributed by atoms with van der Waals surface area (Å²) in [7, 11) is 1.49. The number of amides is 1. The van der Waals surface area contributed by atoms with Crippen molar-refractivity contribution in [1.82, 2.24) is 20.4 Å². The van der Waals surface area contributed by atoms with E-state index in [2.05, 4.69) is 31.1 Å². The van der Waals surface area contributed by atoms with Crippen LogP contribution in [0.25, 0.3) is 0 Å². The van der Waals surface area contributed by atoms with Crippen LogP contribution in [0.15, 0.2) is 48.9 Å². The van der Waals surface area contributed by atoms with Crippen molar-refractivity contribution < 1.29 is 9.53 Å². The summed E-state index contributed by atoms with van der Waals surface area (Å²) >= 11 is 5.81. The van der Waals surface area contributed by atoms with E-state index >= 15 is 0 Å². The van der Waals surface area contributed by atoms with Crippen molar-refractivity contribution >= 4 is 40.6 Å². The number of rotatable bonds is 6. The SMILES string of the molecule is COc1ccccc1C(=O)NNc1ncnc(Nc2ccc(Cl)cn2)c1N. The number of aromatic nitrogens is 3. The van der Waals surface area contributed by atoms with Crippen LogP contribution in [-0.2, 0) is 0 Å². The number of benzene rings is 1. The number of nitrogens with one attached hydrogen (secondary N) is 3. The zero-order chi connectivity index (χ0) is 19.2. The summed E-state index contributed by atoms with van der Waals surface area (Å²) in [5.41, 5.74) is 11.8. The monoisotopic (exact) mass is 385 g/mol. The number of hydrogen-bond donors (Lipinski definition) is 4. The number of ether oxygens (including phenoxy) is 1. The molecule has 2 heterocycles. The summed E-state index contributed by atoms with van der Waals surface area (Å²) in [6, 6.07) is 10.2. The molecule has 3 aromatic rings. The van der Waals surface area contributed by atoms with Crippen molar-refractivity contribution in [2.24, 2.45) is 0 Å². The minimum Gasteiger partial charge on any atom is -0.496 e. The fourth-order valence-electron chi connectivity index (χ4n) is 2.18. The van der Waals surface area contributed by atoms with Gasteiger partial charge in [-0.25, -0.2) is 15.0 Å². The van der Waals surface area contributed by atoms with Gasteiger partial charge in [0.25, 0.3) is 5.91 Å². The number of methoxy groups -OCH3 is 1. The van der Waals surface area contributed by atoms with Crippen LogP contribution in [-0.4, -0.2) is 28.0 Å². The van der Waals surface area contributed by atoms with Crippen LogP contribution in [0.2, 0.25) is 5.02 Å². The summed E-state index contributed by atoms with van der Waals surface area (Å²) in [6.45, 7) is 0. The van der Waals surface area contributed by atoms with Crippen molar-refractivity contribution in [3.8, 4) is 5.75 Å². The number of hydrogen-bond acceptors (Lipinski definition) is 8. The zero-order valence-corrected chi connectivity index (χ0v) is 15.0. The van der Waals surface area contributed by atoms with E-state index < -0.39 is 5.91 Å². The molecular weight excluding hydrogens is 370 g/mol. The van der Waals surface area contributed by atoms with E-state index in [4.69, 9.17) is 22.1 Å². The molecule has 0 aliphatic heterocycles. The summed E-state index contributed by atoms with van der Waals surface area (Å²) < 4.78 is 5.17. The molecule has 0 atom stereocenters. The molecule has 1 amide bonds. The molecule has 3 rings (SSSR count). The molecule has 0 unspecified atom stereocenters. The zero-order valence-electron chi connectivity index (χ0n) is 14.2. The van der Waals surface area contributed by atoms with Crippen LogP contribution in [0.1, 0.15) is 10.4 Å². The van der Waals surface area contributed by atoms with Crippen molar-refractivity contribution in [3.05, 3.63) is 59.5 Å². The predicted octanol–water partition coefficient (Wildman–Crippen LogP) is 2.62. The Hall–Kier alpha value is -3.59. The van der Waals surface area contributed by atoms with Gasteiger partial charge in [0.05, 0.1) is 17.7 Å². The van der Waals surface area contributed by atoms with Crippen LogP contribution in [0.3, 0.4) is 0 Å². The molecule has 2 aromatic heterocycles. The normalized spacial score (nSPS) is 10.1. The lowest BCUT2D eigenvalue weighted by atomic mass is 10.2. The van der Waals surface area contributed by atoms with Gasteiger partial charge in [-0.15, -0.1) is 0 Å². The highest BCUT2D eigenvalue weighted by molar-refractivity contribution is 6.30. The number of nitrogen functional groups attached to an aromatic ring is 1. The van der Waals surface area contributed by atoms with Crippen LogP contribution in [0.4, 0.5) is 23.1 Å². The number of carbonyl (C=O) groups is 1. The molecule has 0 saturated heterocycles. The van der Waals surface area contributed by atoms with Gasteiger partial charge in [0.2, 0.25) is 0 Å². The smallest absolute Gasteiger partial charge is 0.273 e. The van der Waals surface area contributed by atoms with E-state index in [1.165, 1.54) is 19.6 Å². The van der Waals surface area contributed by atoms with Gasteiger partial charge in [0.1, 0.15) is 23.6 Å². The summed E-state index contributed by atoms with van der Waals surface area (Å²) in [6.07, 6.45) is 2.79. The van der Waals surface area contributed by atoms with E-state index in [1.807, 2.05) is 0 Å². The Morgan fingerprint density at radius 2 is 1.89 bits per heavy atom. The lowest BCUT2D eigenvalue weighted by molar-refractivity contribution is 0.0959. The highest BCUT2D eigenvalue weighted by Gasteiger charge is 2.13. The van der Waals surface area contributed by atoms with E-state index in [1.54, 1.807) is 36.4 Å². The Kier molecular flexibility index (Phi) is 5.53. The van der Waals surface area contributed by atoms with Gasteiger partial charge in [0.15, 0.2) is 11.6 Å². The van der Waals surface area contributed by atoms with Crippen LogP contribution in [0, 0.1) is 0 Å². The van der Waals surface area contributed by atoms with Crippen molar-refractivity contribution in [2.75, 3.05) is 23.6 Å². The number of nitrogens with two attached hydrogens (primary N) is 1. The lowest BCUT2D eigenvalue weighted by Gasteiger charge is -2.13. The molecule has 1 aromatic carbocycles. The third-order valence-electron chi connectivity index (χ3n) is 3.50. The summed E-state index contributed by atoms with van der Waals surface area (Å²) in [5.74, 6) is 1.11. The number of para-hydroxylation sites is 1. The second kappa shape index (κ2) is 8.19. The maximum atomic E-state index is 12.3. The number of halogens is 1. The molecule has 0 radical (unpaired) electrons. The van der Waals surface area contributed by atoms with Gasteiger partial charge in [-0.05, 0) is 24.3 Å². The van der Waals surface area contributed by atoms with Crippen LogP contribution in [0.5, 0.6) is 5.75 Å². The maximum Gasteiger partial charge on any atom is 0.273 e. The Balaban J connectivity index is 1.72. The van der Waals surface area contributed by atoms with E-state index in [-0.39, 0.29) is 11.5 Å². The first kappa shape index (κ1) is 18.2. The number of carbonyl (C=O) groups excluding carboxylic acids is 1. The first-order valence-electron chi connectivity index (χ1n) is 7.77. The first-order valence-corrected chi connectivity index (χ1v) is 8.14. The molecule has 0 bridgehead atoms. The van der Waals surface area contributed by atoms with E-state index in [0.29, 0.717) is 28.0 Å². The molecule has 0 aliphatic carbocycles. The standard InChI is InChI=1S/C17H16ClN7O2/c1-27-12-5-3-2-4-11(12)17(26)25-24-16-14(19)15(21-9-22-16)23-13-7-6-10(18)8-20-13/h2-9H,19H2,1H3,(H,25,26)(H2,20,21,22,23,24). The molecule has 0 saturated carbocycles. The molecule has 5 N–H and O–H groups in total. The molecular formula is C17H16ClN7O2. The van der Waals surface area contributed by atoms with Gasteiger partial charge in [-0.1, -0.05) is 23.7 Å². The van der Waals surface area contributed by atoms with Crippen LogP contribution >= 0.6 is 11.6 Å². The number of pyridine rings is 1. The maximum absolute atomic E-state index is 12.3. The van der Waals surface area contributed by atoms with Crippen LogP contribution < -0.4 is 26.6 Å². The average Bonchev–Trinajstić information content (AvgIpc) is 2.70. The largest absolute Gasteiger partial charge is 0.496 e. The van der Waals surface area contributed by atoms with E-state index in [9.17, 15) is 4.79 Å². The molecule has 0 spiro atoms. The minimum absolute atomic E-state index is 0.203. The summed E-state index contributed by atoms with van der Waals surface area (Å²) in [4.78, 5) is 24.6. The van der Waals surface area contributed by atoms with Gasteiger partial charge >= 0.3 is 0 Å². The molecule has 0 fully saturated rings. The molecule has 9 nitrogen and oxygen atoms in total. The average molecular weight is 386 g/mol. The second-order valence-corrected chi connectivity index (χ2v) is 5.69. The summed E-state index contributed by atoms with van der Waals surface area (Å²) in [5, 5.41) is 3.47. The topological polar surface area (TPSA) is 127 Å². The van der Waals surface area contributed by atoms with Crippen molar-refractivity contribution in [3.63, 3.8) is 0 Å².